The van der Waals surface area contributed by atoms with E-state index < -0.39 is 5.97 Å². The molecule has 26 heavy (non-hydrogen) atoms. The minimum absolute atomic E-state index is 0.228. The van der Waals surface area contributed by atoms with Crippen LogP contribution in [0.25, 0.3) is 0 Å². The number of benzene rings is 1. The lowest BCUT2D eigenvalue weighted by Gasteiger charge is -2.19. The standard InChI is InChI=1S/C21H25NO3S/c1-2-15-8-9-18-17(12-15)13-19(26-18)21(24)25-14-20(23)22-11-10-16-6-4-3-5-7-16/h3-7,13,15H,2,8-12,14H2,1H3,(H,22,23)/t15-/m1/s1. The first-order chi connectivity index (χ1) is 12.7. The number of fused-ring (bicyclic) bond motifs is 1. The SMILES string of the molecule is CC[C@@H]1CCc2sc(C(=O)OCC(=O)NCCc3ccccc3)cc2C1. The van der Waals surface area contributed by atoms with Gasteiger partial charge in [0, 0.05) is 11.4 Å². The van der Waals surface area contributed by atoms with E-state index >= 15 is 0 Å². The third-order valence-electron chi connectivity index (χ3n) is 4.88. The third-order valence-corrected chi connectivity index (χ3v) is 6.09. The second-order valence-electron chi connectivity index (χ2n) is 6.74. The number of ether oxygens (including phenoxy) is 1. The highest BCUT2D eigenvalue weighted by atomic mass is 32.1. The summed E-state index contributed by atoms with van der Waals surface area (Å²) in [5, 5.41) is 2.79. The van der Waals surface area contributed by atoms with Crippen molar-refractivity contribution >= 4 is 23.2 Å². The normalized spacial score (nSPS) is 16.0. The Kier molecular flexibility index (Phi) is 6.45. The summed E-state index contributed by atoms with van der Waals surface area (Å²) >= 11 is 1.52. The van der Waals surface area contributed by atoms with Crippen LogP contribution in [0.1, 0.15) is 45.4 Å². The molecule has 0 unspecified atom stereocenters. The van der Waals surface area contributed by atoms with Crippen LogP contribution < -0.4 is 5.32 Å². The molecule has 0 aliphatic heterocycles. The highest BCUT2D eigenvalue weighted by molar-refractivity contribution is 7.14. The number of rotatable bonds is 7. The van der Waals surface area contributed by atoms with Crippen LogP contribution >= 0.6 is 11.3 Å². The van der Waals surface area contributed by atoms with Gasteiger partial charge in [0.05, 0.1) is 0 Å². The molecule has 0 saturated carbocycles. The van der Waals surface area contributed by atoms with Gasteiger partial charge in [-0.15, -0.1) is 11.3 Å². The summed E-state index contributed by atoms with van der Waals surface area (Å²) in [5.41, 5.74) is 2.45. The average Bonchev–Trinajstić information content (AvgIpc) is 3.10. The summed E-state index contributed by atoms with van der Waals surface area (Å²) < 4.78 is 5.18. The summed E-state index contributed by atoms with van der Waals surface area (Å²) in [6.45, 7) is 2.52. The van der Waals surface area contributed by atoms with Crippen LogP contribution in [0.5, 0.6) is 0 Å². The number of aryl methyl sites for hydroxylation is 1. The molecule has 1 amide bonds. The molecule has 1 atom stereocenters. The Morgan fingerprint density at radius 3 is 2.85 bits per heavy atom. The molecular formula is C21H25NO3S. The first kappa shape index (κ1) is 18.6. The van der Waals surface area contributed by atoms with Crippen LogP contribution in [0.15, 0.2) is 36.4 Å². The second-order valence-corrected chi connectivity index (χ2v) is 7.87. The van der Waals surface area contributed by atoms with Gasteiger partial charge in [-0.05, 0) is 48.8 Å². The van der Waals surface area contributed by atoms with Gasteiger partial charge in [0.15, 0.2) is 6.61 Å². The number of amides is 1. The Morgan fingerprint density at radius 2 is 2.08 bits per heavy atom. The number of esters is 1. The van der Waals surface area contributed by atoms with Gasteiger partial charge in [-0.3, -0.25) is 4.79 Å². The maximum absolute atomic E-state index is 12.2. The zero-order valence-electron chi connectivity index (χ0n) is 15.1. The van der Waals surface area contributed by atoms with E-state index in [9.17, 15) is 9.59 Å². The molecule has 0 saturated heterocycles. The van der Waals surface area contributed by atoms with Gasteiger partial charge in [-0.25, -0.2) is 4.79 Å². The predicted octanol–water partition coefficient (Wildman–Crippen LogP) is 3.78. The van der Waals surface area contributed by atoms with Gasteiger partial charge >= 0.3 is 5.97 Å². The van der Waals surface area contributed by atoms with E-state index in [1.54, 1.807) is 0 Å². The molecule has 0 spiro atoms. The van der Waals surface area contributed by atoms with Crippen molar-refractivity contribution in [1.29, 1.82) is 0 Å². The van der Waals surface area contributed by atoms with Gasteiger partial charge in [-0.1, -0.05) is 43.7 Å². The van der Waals surface area contributed by atoms with Crippen molar-refractivity contribution < 1.29 is 14.3 Å². The van der Waals surface area contributed by atoms with Crippen LogP contribution in [0.2, 0.25) is 0 Å². The molecule has 3 rings (SSSR count). The van der Waals surface area contributed by atoms with Gasteiger partial charge in [0.2, 0.25) is 0 Å². The molecule has 1 aromatic heterocycles. The van der Waals surface area contributed by atoms with Gasteiger partial charge in [0.1, 0.15) is 4.88 Å². The maximum atomic E-state index is 12.2. The summed E-state index contributed by atoms with van der Waals surface area (Å²) in [7, 11) is 0. The number of hydrogen-bond donors (Lipinski definition) is 1. The van der Waals surface area contributed by atoms with Gasteiger partial charge in [0.25, 0.3) is 5.91 Å². The first-order valence-corrected chi connectivity index (χ1v) is 10.1. The number of nitrogens with one attached hydrogen (secondary N) is 1. The van der Waals surface area contributed by atoms with E-state index in [0.29, 0.717) is 11.4 Å². The van der Waals surface area contributed by atoms with Crippen LogP contribution in [0.3, 0.4) is 0 Å². The topological polar surface area (TPSA) is 55.4 Å². The number of thiophene rings is 1. The Balaban J connectivity index is 1.42. The van der Waals surface area contributed by atoms with E-state index in [-0.39, 0.29) is 12.5 Å². The van der Waals surface area contributed by atoms with E-state index in [4.69, 9.17) is 4.74 Å². The molecule has 0 radical (unpaired) electrons. The molecule has 1 heterocycles. The Labute approximate surface area is 158 Å². The summed E-state index contributed by atoms with van der Waals surface area (Å²) in [6.07, 6.45) is 5.23. The maximum Gasteiger partial charge on any atom is 0.348 e. The summed E-state index contributed by atoms with van der Waals surface area (Å²) in [4.78, 5) is 26.0. The van der Waals surface area contributed by atoms with Crippen LogP contribution in [0, 0.1) is 5.92 Å². The van der Waals surface area contributed by atoms with Crippen LogP contribution in [0.4, 0.5) is 0 Å². The zero-order valence-corrected chi connectivity index (χ0v) is 15.9. The monoisotopic (exact) mass is 371 g/mol. The predicted molar refractivity (Wildman–Crippen MR) is 104 cm³/mol. The average molecular weight is 372 g/mol. The minimum Gasteiger partial charge on any atom is -0.451 e. The lowest BCUT2D eigenvalue weighted by molar-refractivity contribution is -0.124. The first-order valence-electron chi connectivity index (χ1n) is 9.25. The number of carbonyl (C=O) groups is 2. The fraction of sp³-hybridized carbons (Fsp3) is 0.429. The number of hydrogen-bond acceptors (Lipinski definition) is 4. The fourth-order valence-electron chi connectivity index (χ4n) is 3.29. The Bertz CT molecular complexity index is 754. The summed E-state index contributed by atoms with van der Waals surface area (Å²) in [5.74, 6) is 0.0636. The largest absolute Gasteiger partial charge is 0.451 e. The molecule has 5 heteroatoms. The fourth-order valence-corrected chi connectivity index (χ4v) is 4.39. The third kappa shape index (κ3) is 4.94. The van der Waals surface area contributed by atoms with Crippen LogP contribution in [-0.2, 0) is 28.8 Å². The van der Waals surface area contributed by atoms with Crippen molar-refractivity contribution in [3.8, 4) is 0 Å². The van der Waals surface area contributed by atoms with E-state index in [2.05, 4.69) is 12.2 Å². The van der Waals surface area contributed by atoms with E-state index in [0.717, 1.165) is 25.2 Å². The molecule has 0 bridgehead atoms. The molecular weight excluding hydrogens is 346 g/mol. The number of carbonyl (C=O) groups excluding carboxylic acids is 2. The molecule has 138 valence electrons. The van der Waals surface area contributed by atoms with Crippen LogP contribution in [-0.4, -0.2) is 25.0 Å². The van der Waals surface area contributed by atoms with Crippen molar-refractivity contribution in [2.24, 2.45) is 5.92 Å². The minimum atomic E-state index is -0.393. The highest BCUT2D eigenvalue weighted by Gasteiger charge is 2.22. The molecule has 1 N–H and O–H groups in total. The van der Waals surface area contributed by atoms with Gasteiger partial charge < -0.3 is 10.1 Å². The molecule has 1 aromatic carbocycles. The quantitative estimate of drug-likeness (QED) is 0.754. The highest BCUT2D eigenvalue weighted by Crippen LogP contribution is 2.33. The van der Waals surface area contributed by atoms with Crippen molar-refractivity contribution in [3.63, 3.8) is 0 Å². The Hall–Kier alpha value is -2.14. The van der Waals surface area contributed by atoms with Crippen molar-refractivity contribution in [2.75, 3.05) is 13.2 Å². The molecule has 4 nitrogen and oxygen atoms in total. The lowest BCUT2D eigenvalue weighted by Crippen LogP contribution is -2.30. The molecule has 1 aliphatic carbocycles. The smallest absolute Gasteiger partial charge is 0.348 e. The van der Waals surface area contributed by atoms with E-state index in [1.807, 2.05) is 36.4 Å². The lowest BCUT2D eigenvalue weighted by atomic mass is 9.87. The van der Waals surface area contributed by atoms with Crippen molar-refractivity contribution in [2.45, 2.75) is 39.0 Å². The van der Waals surface area contributed by atoms with Crippen molar-refractivity contribution in [1.82, 2.24) is 5.32 Å². The van der Waals surface area contributed by atoms with E-state index in [1.165, 1.54) is 40.2 Å². The molecule has 2 aromatic rings. The Morgan fingerprint density at radius 1 is 1.27 bits per heavy atom. The second kappa shape index (κ2) is 8.99. The molecule has 0 fully saturated rings. The molecule has 1 aliphatic rings. The summed E-state index contributed by atoms with van der Waals surface area (Å²) in [6, 6.07) is 11.9. The van der Waals surface area contributed by atoms with Gasteiger partial charge in [-0.2, -0.15) is 0 Å². The zero-order chi connectivity index (χ0) is 18.4. The van der Waals surface area contributed by atoms with Crippen molar-refractivity contribution in [3.05, 3.63) is 57.3 Å².